The van der Waals surface area contributed by atoms with E-state index in [1.54, 1.807) is 6.92 Å². The molecule has 9 nitrogen and oxygen atoms in total. The van der Waals surface area contributed by atoms with Crippen LogP contribution in [-0.2, 0) is 9.53 Å². The molecule has 0 radical (unpaired) electrons. The molecule has 0 aliphatic carbocycles. The van der Waals surface area contributed by atoms with Crippen LogP contribution < -0.4 is 5.32 Å². The van der Waals surface area contributed by atoms with Gasteiger partial charge in [0, 0.05) is 18.3 Å². The van der Waals surface area contributed by atoms with Crippen molar-refractivity contribution in [1.29, 1.82) is 0 Å². The fraction of sp³-hybridized carbons (Fsp3) is 0.214. The van der Waals surface area contributed by atoms with E-state index in [4.69, 9.17) is 0 Å². The third-order valence-electron chi connectivity index (χ3n) is 2.53. The number of nitro groups is 1. The van der Waals surface area contributed by atoms with Crippen molar-refractivity contribution in [2.24, 2.45) is 4.99 Å². The Bertz CT molecular complexity index is 660. The van der Waals surface area contributed by atoms with Crippen LogP contribution in [0.25, 0.3) is 0 Å². The molecule has 0 heterocycles. The number of aliphatic imine (C=N–C) groups is 1. The monoisotopic (exact) mass is 321 g/mol. The van der Waals surface area contributed by atoms with Gasteiger partial charge in [0.25, 0.3) is 11.6 Å². The third kappa shape index (κ3) is 5.58. The number of benzene rings is 1. The summed E-state index contributed by atoms with van der Waals surface area (Å²) in [6.45, 7) is 2.92. The zero-order valence-corrected chi connectivity index (χ0v) is 12.5. The van der Waals surface area contributed by atoms with E-state index in [-0.39, 0.29) is 23.6 Å². The Kier molecular flexibility index (Phi) is 6.41. The minimum atomic E-state index is -0.944. The highest BCUT2D eigenvalue weighted by Gasteiger charge is 2.15. The fourth-order valence-electron chi connectivity index (χ4n) is 1.44. The zero-order chi connectivity index (χ0) is 17.4. The normalized spacial score (nSPS) is 11.7. The van der Waals surface area contributed by atoms with Gasteiger partial charge in [-0.05, 0) is 26.0 Å². The summed E-state index contributed by atoms with van der Waals surface area (Å²) in [5.41, 5.74) is -0.00667. The fourth-order valence-corrected chi connectivity index (χ4v) is 1.44. The number of alkyl carbamates (subject to hydrolysis) is 1. The maximum absolute atomic E-state index is 11.8. The molecule has 0 saturated carbocycles. The molecule has 0 aliphatic heterocycles. The maximum atomic E-state index is 11.8. The molecule has 122 valence electrons. The van der Waals surface area contributed by atoms with Gasteiger partial charge in [-0.2, -0.15) is 0 Å². The van der Waals surface area contributed by atoms with Gasteiger partial charge in [0.15, 0.2) is 0 Å². The highest BCUT2D eigenvalue weighted by molar-refractivity contribution is 6.16. The van der Waals surface area contributed by atoms with E-state index >= 15 is 0 Å². The van der Waals surface area contributed by atoms with Crippen LogP contribution >= 0.6 is 0 Å². The summed E-state index contributed by atoms with van der Waals surface area (Å²) in [5, 5.41) is 22.0. The number of nitro benzene ring substituents is 1. The van der Waals surface area contributed by atoms with Crippen LogP contribution in [0.2, 0.25) is 0 Å². The van der Waals surface area contributed by atoms with Gasteiger partial charge in [-0.3, -0.25) is 25.2 Å². The van der Waals surface area contributed by atoms with Crippen molar-refractivity contribution in [1.82, 2.24) is 5.32 Å². The summed E-state index contributed by atoms with van der Waals surface area (Å²) in [4.78, 5) is 36.9. The molecule has 23 heavy (non-hydrogen) atoms. The van der Waals surface area contributed by atoms with Crippen molar-refractivity contribution in [2.45, 2.75) is 13.8 Å². The standard InChI is InChI=1S/C14H15N3O6/c1-3-23-14(20)16-13(19)12(9(2)18)8-15-10-4-6-11(7-5-10)17(21)22/h4-8,18H,3H2,1-2H3,(H,16,19,20)/b12-9-,15-8?. The Balaban J connectivity index is 2.88. The molecule has 9 heteroatoms. The third-order valence-corrected chi connectivity index (χ3v) is 2.53. The lowest BCUT2D eigenvalue weighted by atomic mass is 10.2. The van der Waals surface area contributed by atoms with Crippen molar-refractivity contribution >= 4 is 29.6 Å². The van der Waals surface area contributed by atoms with Gasteiger partial charge < -0.3 is 9.84 Å². The van der Waals surface area contributed by atoms with E-state index in [1.807, 2.05) is 5.32 Å². The van der Waals surface area contributed by atoms with E-state index in [9.17, 15) is 24.8 Å². The number of imide groups is 1. The van der Waals surface area contributed by atoms with Crippen LogP contribution in [0.5, 0.6) is 0 Å². The quantitative estimate of drug-likeness (QED) is 0.281. The number of hydrogen-bond donors (Lipinski definition) is 2. The number of carbonyl (C=O) groups is 2. The molecule has 0 unspecified atom stereocenters. The lowest BCUT2D eigenvalue weighted by Crippen LogP contribution is -2.33. The second kappa shape index (κ2) is 8.27. The summed E-state index contributed by atoms with van der Waals surface area (Å²) in [6, 6.07) is 5.26. The number of rotatable bonds is 5. The number of ether oxygens (including phenoxy) is 1. The van der Waals surface area contributed by atoms with Crippen molar-refractivity contribution in [3.05, 3.63) is 45.7 Å². The summed E-state index contributed by atoms with van der Waals surface area (Å²) < 4.78 is 4.56. The second-order valence-corrected chi connectivity index (χ2v) is 4.21. The molecule has 0 bridgehead atoms. The molecular formula is C14H15N3O6. The molecule has 1 rings (SSSR count). The topological polar surface area (TPSA) is 131 Å². The van der Waals surface area contributed by atoms with Gasteiger partial charge in [-0.15, -0.1) is 0 Å². The van der Waals surface area contributed by atoms with Crippen molar-refractivity contribution in [3.63, 3.8) is 0 Å². The van der Waals surface area contributed by atoms with E-state index in [0.717, 1.165) is 6.21 Å². The van der Waals surface area contributed by atoms with Gasteiger partial charge in [-0.25, -0.2) is 4.79 Å². The number of nitrogens with one attached hydrogen (secondary N) is 1. The smallest absolute Gasteiger partial charge is 0.414 e. The maximum Gasteiger partial charge on any atom is 0.414 e. The molecule has 0 spiro atoms. The SMILES string of the molecule is CCOC(=O)NC(=O)/C(C=Nc1ccc([N+](=O)[O-])cc1)=C(/C)O. The van der Waals surface area contributed by atoms with Crippen molar-refractivity contribution in [3.8, 4) is 0 Å². The van der Waals surface area contributed by atoms with Gasteiger partial charge in [0.2, 0.25) is 0 Å². The first-order valence-electron chi connectivity index (χ1n) is 6.51. The number of carbonyl (C=O) groups excluding carboxylic acids is 2. The average molecular weight is 321 g/mol. The Hall–Kier alpha value is -3.23. The number of nitrogens with zero attached hydrogens (tertiary/aromatic N) is 2. The number of amides is 2. The molecule has 0 atom stereocenters. The number of aliphatic hydroxyl groups is 1. The summed E-state index contributed by atoms with van der Waals surface area (Å²) in [6.07, 6.45) is 0.102. The van der Waals surface area contributed by atoms with Crippen LogP contribution in [0.4, 0.5) is 16.2 Å². The van der Waals surface area contributed by atoms with E-state index in [1.165, 1.54) is 31.2 Å². The summed E-state index contributed by atoms with van der Waals surface area (Å²) >= 11 is 0. The highest BCUT2D eigenvalue weighted by Crippen LogP contribution is 2.18. The largest absolute Gasteiger partial charge is 0.512 e. The molecule has 0 fully saturated rings. The number of aliphatic hydroxyl groups excluding tert-OH is 1. The van der Waals surface area contributed by atoms with Crippen LogP contribution in [0.1, 0.15) is 13.8 Å². The molecule has 2 amide bonds. The minimum Gasteiger partial charge on any atom is -0.512 e. The molecule has 2 N–H and O–H groups in total. The van der Waals surface area contributed by atoms with Gasteiger partial charge in [0.1, 0.15) is 5.76 Å². The highest BCUT2D eigenvalue weighted by atomic mass is 16.6. The predicted molar refractivity (Wildman–Crippen MR) is 81.7 cm³/mol. The Morgan fingerprint density at radius 2 is 2.00 bits per heavy atom. The van der Waals surface area contributed by atoms with Crippen LogP contribution in [-0.4, -0.2) is 34.9 Å². The first-order chi connectivity index (χ1) is 10.8. The number of non-ortho nitro benzene ring substituents is 1. The van der Waals surface area contributed by atoms with Crippen LogP contribution in [0.3, 0.4) is 0 Å². The molecule has 0 saturated heterocycles. The summed E-state index contributed by atoms with van der Waals surface area (Å²) in [5.74, 6) is -1.23. The molecule has 0 aliphatic rings. The molecular weight excluding hydrogens is 306 g/mol. The number of hydrogen-bond acceptors (Lipinski definition) is 7. The average Bonchev–Trinajstić information content (AvgIpc) is 2.47. The first kappa shape index (κ1) is 17.8. The minimum absolute atomic E-state index is 0.0904. The van der Waals surface area contributed by atoms with E-state index < -0.39 is 16.9 Å². The predicted octanol–water partition coefficient (Wildman–Crippen LogP) is 2.40. The lowest BCUT2D eigenvalue weighted by molar-refractivity contribution is -0.384. The van der Waals surface area contributed by atoms with Crippen LogP contribution in [0.15, 0.2) is 40.6 Å². The van der Waals surface area contributed by atoms with Crippen molar-refractivity contribution < 1.29 is 24.4 Å². The van der Waals surface area contributed by atoms with Gasteiger partial charge in [-0.1, -0.05) is 0 Å². The summed E-state index contributed by atoms with van der Waals surface area (Å²) in [7, 11) is 0. The molecule has 1 aromatic carbocycles. The molecule has 1 aromatic rings. The van der Waals surface area contributed by atoms with Gasteiger partial charge >= 0.3 is 6.09 Å². The van der Waals surface area contributed by atoms with E-state index in [0.29, 0.717) is 5.69 Å². The van der Waals surface area contributed by atoms with Crippen molar-refractivity contribution in [2.75, 3.05) is 6.61 Å². The first-order valence-corrected chi connectivity index (χ1v) is 6.51. The zero-order valence-electron chi connectivity index (χ0n) is 12.5. The Morgan fingerprint density at radius 1 is 1.39 bits per heavy atom. The van der Waals surface area contributed by atoms with E-state index in [2.05, 4.69) is 9.73 Å². The lowest BCUT2D eigenvalue weighted by Gasteiger charge is -2.05. The number of allylic oxidation sites excluding steroid dienone is 1. The Labute approximate surface area is 131 Å². The van der Waals surface area contributed by atoms with Gasteiger partial charge in [0.05, 0.1) is 22.8 Å². The second-order valence-electron chi connectivity index (χ2n) is 4.21. The molecule has 0 aromatic heterocycles. The Morgan fingerprint density at radius 3 is 2.48 bits per heavy atom. The van der Waals surface area contributed by atoms with Crippen LogP contribution in [0, 0.1) is 10.1 Å².